The molecule has 0 bridgehead atoms. The Hall–Kier alpha value is -1.62. The third-order valence-electron chi connectivity index (χ3n) is 3.62. The van der Waals surface area contributed by atoms with Gasteiger partial charge in [0, 0.05) is 37.1 Å². The van der Waals surface area contributed by atoms with E-state index in [0.717, 1.165) is 25.1 Å². The van der Waals surface area contributed by atoms with E-state index in [1.165, 1.54) is 16.8 Å². The first-order valence-corrected chi connectivity index (χ1v) is 6.80. The second-order valence-corrected chi connectivity index (χ2v) is 5.09. The first-order valence-electron chi connectivity index (χ1n) is 6.80. The summed E-state index contributed by atoms with van der Waals surface area (Å²) in [6.45, 7) is 7.12. The van der Waals surface area contributed by atoms with Gasteiger partial charge in [-0.1, -0.05) is 6.92 Å². The van der Waals surface area contributed by atoms with Gasteiger partial charge in [0.1, 0.15) is 0 Å². The van der Waals surface area contributed by atoms with Gasteiger partial charge in [-0.15, -0.1) is 0 Å². The minimum atomic E-state index is 0.0899. The fraction of sp³-hybridized carbons (Fsp3) is 0.571. The molecule has 0 aliphatic rings. The number of aryl methyl sites for hydroxylation is 4. The van der Waals surface area contributed by atoms with Crippen molar-refractivity contribution in [3.63, 3.8) is 0 Å². The molecule has 0 aliphatic heterocycles. The molecule has 0 radical (unpaired) electrons. The molecule has 1 unspecified atom stereocenters. The van der Waals surface area contributed by atoms with Crippen LogP contribution in [-0.2, 0) is 20.0 Å². The van der Waals surface area contributed by atoms with Crippen LogP contribution in [0.2, 0.25) is 0 Å². The average Bonchev–Trinajstić information content (AvgIpc) is 2.90. The summed E-state index contributed by atoms with van der Waals surface area (Å²) >= 11 is 0. The molecule has 5 heteroatoms. The van der Waals surface area contributed by atoms with Gasteiger partial charge in [-0.25, -0.2) is 0 Å². The Morgan fingerprint density at radius 1 is 1.37 bits per heavy atom. The van der Waals surface area contributed by atoms with Gasteiger partial charge < -0.3 is 5.73 Å². The van der Waals surface area contributed by atoms with Gasteiger partial charge in [-0.2, -0.15) is 10.2 Å². The van der Waals surface area contributed by atoms with E-state index in [9.17, 15) is 0 Å². The Balaban J connectivity index is 2.13. The molecule has 0 amide bonds. The predicted molar refractivity (Wildman–Crippen MR) is 75.8 cm³/mol. The topological polar surface area (TPSA) is 61.7 Å². The van der Waals surface area contributed by atoms with E-state index >= 15 is 0 Å². The summed E-state index contributed by atoms with van der Waals surface area (Å²) in [5, 5.41) is 8.79. The van der Waals surface area contributed by atoms with Crippen LogP contribution < -0.4 is 5.73 Å². The lowest BCUT2D eigenvalue weighted by Gasteiger charge is -2.10. The summed E-state index contributed by atoms with van der Waals surface area (Å²) in [5.41, 5.74) is 10.8. The summed E-state index contributed by atoms with van der Waals surface area (Å²) in [5.74, 6) is 0. The molecule has 0 aliphatic carbocycles. The standard InChI is InChI=1S/C14H23N5/c1-5-13(15)14-10(2)17-19(11(14)3)7-6-12-8-16-18(4)9-12/h8-9,13H,5-7,15H2,1-4H3. The summed E-state index contributed by atoms with van der Waals surface area (Å²) in [6.07, 6.45) is 5.83. The molecule has 0 saturated heterocycles. The van der Waals surface area contributed by atoms with Crippen molar-refractivity contribution in [2.45, 2.75) is 46.2 Å². The van der Waals surface area contributed by atoms with Crippen molar-refractivity contribution < 1.29 is 0 Å². The van der Waals surface area contributed by atoms with E-state index in [2.05, 4.69) is 28.7 Å². The van der Waals surface area contributed by atoms with Crippen LogP contribution in [0.1, 0.15) is 41.9 Å². The lowest BCUT2D eigenvalue weighted by Crippen LogP contribution is -2.11. The highest BCUT2D eigenvalue weighted by atomic mass is 15.3. The Morgan fingerprint density at radius 3 is 2.68 bits per heavy atom. The fourth-order valence-corrected chi connectivity index (χ4v) is 2.51. The quantitative estimate of drug-likeness (QED) is 0.894. The first kappa shape index (κ1) is 13.8. The zero-order valence-corrected chi connectivity index (χ0v) is 12.2. The second-order valence-electron chi connectivity index (χ2n) is 5.09. The van der Waals surface area contributed by atoms with Crippen molar-refractivity contribution in [3.8, 4) is 0 Å². The summed E-state index contributed by atoms with van der Waals surface area (Å²) in [7, 11) is 1.94. The van der Waals surface area contributed by atoms with Gasteiger partial charge in [0.25, 0.3) is 0 Å². The second kappa shape index (κ2) is 5.57. The predicted octanol–water partition coefficient (Wildman–Crippen LogP) is 1.89. The van der Waals surface area contributed by atoms with E-state index in [4.69, 9.17) is 5.73 Å². The minimum absolute atomic E-state index is 0.0899. The van der Waals surface area contributed by atoms with Crippen molar-refractivity contribution >= 4 is 0 Å². The Bertz CT molecular complexity index is 552. The molecule has 0 fully saturated rings. The van der Waals surface area contributed by atoms with Crippen LogP contribution >= 0.6 is 0 Å². The highest BCUT2D eigenvalue weighted by Gasteiger charge is 2.16. The number of hydrogen-bond acceptors (Lipinski definition) is 3. The average molecular weight is 261 g/mol. The number of nitrogens with zero attached hydrogens (tertiary/aromatic N) is 4. The zero-order chi connectivity index (χ0) is 14.0. The molecule has 19 heavy (non-hydrogen) atoms. The van der Waals surface area contributed by atoms with Crippen molar-refractivity contribution in [1.82, 2.24) is 19.6 Å². The van der Waals surface area contributed by atoms with Crippen molar-refractivity contribution in [2.24, 2.45) is 12.8 Å². The Kier molecular flexibility index (Phi) is 4.04. The Labute approximate surface area is 114 Å². The molecule has 1 atom stereocenters. The molecule has 5 nitrogen and oxygen atoms in total. The highest BCUT2D eigenvalue weighted by molar-refractivity contribution is 5.28. The molecule has 104 valence electrons. The van der Waals surface area contributed by atoms with E-state index in [1.807, 2.05) is 31.0 Å². The number of hydrogen-bond donors (Lipinski definition) is 1. The van der Waals surface area contributed by atoms with E-state index in [0.29, 0.717) is 0 Å². The molecule has 2 N–H and O–H groups in total. The molecular weight excluding hydrogens is 238 g/mol. The van der Waals surface area contributed by atoms with Gasteiger partial charge >= 0.3 is 0 Å². The number of nitrogens with two attached hydrogens (primary N) is 1. The van der Waals surface area contributed by atoms with Crippen LogP contribution in [0.15, 0.2) is 12.4 Å². The van der Waals surface area contributed by atoms with Gasteiger partial charge in [-0.3, -0.25) is 9.36 Å². The van der Waals surface area contributed by atoms with Crippen LogP contribution in [0.25, 0.3) is 0 Å². The van der Waals surface area contributed by atoms with Crippen molar-refractivity contribution in [1.29, 1.82) is 0 Å². The number of aromatic nitrogens is 4. The lowest BCUT2D eigenvalue weighted by atomic mass is 10.0. The molecule has 2 aromatic rings. The van der Waals surface area contributed by atoms with Crippen LogP contribution in [-0.4, -0.2) is 19.6 Å². The van der Waals surface area contributed by atoms with E-state index in [1.54, 1.807) is 0 Å². The van der Waals surface area contributed by atoms with Gasteiger partial charge in [-0.05, 0) is 32.3 Å². The molecule has 2 rings (SSSR count). The van der Waals surface area contributed by atoms with Crippen molar-refractivity contribution in [2.75, 3.05) is 0 Å². The van der Waals surface area contributed by atoms with Crippen LogP contribution in [0.4, 0.5) is 0 Å². The fourth-order valence-electron chi connectivity index (χ4n) is 2.51. The molecule has 0 spiro atoms. The third-order valence-corrected chi connectivity index (χ3v) is 3.62. The van der Waals surface area contributed by atoms with Gasteiger partial charge in [0.2, 0.25) is 0 Å². The maximum absolute atomic E-state index is 6.15. The maximum atomic E-state index is 6.15. The SMILES string of the molecule is CCC(N)c1c(C)nn(CCc2cnn(C)c2)c1C. The summed E-state index contributed by atoms with van der Waals surface area (Å²) < 4.78 is 3.89. The molecule has 0 saturated carbocycles. The molecule has 0 aromatic carbocycles. The normalized spacial score (nSPS) is 12.9. The minimum Gasteiger partial charge on any atom is -0.324 e. The zero-order valence-electron chi connectivity index (χ0n) is 12.2. The highest BCUT2D eigenvalue weighted by Crippen LogP contribution is 2.22. The largest absolute Gasteiger partial charge is 0.324 e. The van der Waals surface area contributed by atoms with Gasteiger partial charge in [0.15, 0.2) is 0 Å². The maximum Gasteiger partial charge on any atom is 0.0644 e. The van der Waals surface area contributed by atoms with Crippen LogP contribution in [0.3, 0.4) is 0 Å². The molecule has 2 heterocycles. The van der Waals surface area contributed by atoms with E-state index < -0.39 is 0 Å². The van der Waals surface area contributed by atoms with Crippen molar-refractivity contribution in [3.05, 3.63) is 34.9 Å². The third kappa shape index (κ3) is 2.87. The van der Waals surface area contributed by atoms with Gasteiger partial charge in [0.05, 0.1) is 11.9 Å². The van der Waals surface area contributed by atoms with E-state index in [-0.39, 0.29) is 6.04 Å². The molecule has 2 aromatic heterocycles. The smallest absolute Gasteiger partial charge is 0.0644 e. The van der Waals surface area contributed by atoms with Crippen LogP contribution in [0, 0.1) is 13.8 Å². The summed E-state index contributed by atoms with van der Waals surface area (Å²) in [4.78, 5) is 0. The summed E-state index contributed by atoms with van der Waals surface area (Å²) in [6, 6.07) is 0.0899. The lowest BCUT2D eigenvalue weighted by molar-refractivity contribution is 0.590. The Morgan fingerprint density at radius 2 is 2.11 bits per heavy atom. The van der Waals surface area contributed by atoms with Crippen LogP contribution in [0.5, 0.6) is 0 Å². The molecular formula is C14H23N5. The first-order chi connectivity index (χ1) is 9.02. The number of rotatable bonds is 5. The monoisotopic (exact) mass is 261 g/mol.